The number of nitrogens with one attached hydrogen (secondary N) is 3. The van der Waals surface area contributed by atoms with Crippen LogP contribution in [-0.2, 0) is 9.53 Å². The summed E-state index contributed by atoms with van der Waals surface area (Å²) in [7, 11) is 2.02. The molecule has 29 heavy (non-hydrogen) atoms. The molecule has 3 N–H and O–H groups in total. The Morgan fingerprint density at radius 1 is 1.03 bits per heavy atom. The third kappa shape index (κ3) is 4.90. The van der Waals surface area contributed by atoms with E-state index in [0.29, 0.717) is 0 Å². The number of hydrogen-bond acceptors (Lipinski definition) is 6. The van der Waals surface area contributed by atoms with E-state index in [0.717, 1.165) is 7.11 Å². The van der Waals surface area contributed by atoms with Crippen molar-refractivity contribution in [3.05, 3.63) is 59.1 Å². The van der Waals surface area contributed by atoms with E-state index in [1.54, 1.807) is 5.32 Å². The lowest BCUT2D eigenvalue weighted by molar-refractivity contribution is -0.215. The molecule has 2 aromatic rings. The molecule has 7 nitrogen and oxygen atoms in total. The molecule has 0 aromatic heterocycles. The summed E-state index contributed by atoms with van der Waals surface area (Å²) in [5, 5.41) is 1.91. The van der Waals surface area contributed by atoms with Crippen LogP contribution in [0.25, 0.3) is 0 Å². The molecular weight excluding hydrogens is 415 g/mol. The zero-order valence-corrected chi connectivity index (χ0v) is 16.0. The van der Waals surface area contributed by atoms with Gasteiger partial charge >= 0.3 is 17.8 Å². The zero-order chi connectivity index (χ0) is 21.7. The minimum atomic E-state index is -5.29. The molecule has 2 aromatic carbocycles. The lowest BCUT2D eigenvalue weighted by Crippen LogP contribution is -2.73. The summed E-state index contributed by atoms with van der Waals surface area (Å²) in [5.41, 5.74) is 0.349. The molecule has 156 valence electrons. The normalized spacial score (nSPS) is 13.2. The zero-order valence-electron chi connectivity index (χ0n) is 15.3. The maximum absolute atomic E-state index is 14.0. The smallest absolute Gasteiger partial charge is 0.438 e. The van der Waals surface area contributed by atoms with Crippen molar-refractivity contribution in [2.75, 3.05) is 19.6 Å². The van der Waals surface area contributed by atoms with E-state index in [-0.39, 0.29) is 22.0 Å². The molecular formula is C18H17ClF3N3O4. The Morgan fingerprint density at radius 2 is 1.72 bits per heavy atom. The van der Waals surface area contributed by atoms with Gasteiger partial charge < -0.3 is 20.2 Å². The maximum Gasteiger partial charge on any atom is 0.438 e. The van der Waals surface area contributed by atoms with Crippen molar-refractivity contribution in [3.8, 4) is 5.75 Å². The maximum atomic E-state index is 14.0. The highest BCUT2D eigenvalue weighted by Crippen LogP contribution is 2.31. The average molecular weight is 432 g/mol. The van der Waals surface area contributed by atoms with E-state index in [1.165, 1.54) is 55.6 Å². The number of methoxy groups -OCH3 is 2. The summed E-state index contributed by atoms with van der Waals surface area (Å²) in [5.74, 6) is -2.98. The van der Waals surface area contributed by atoms with Crippen LogP contribution in [0, 0.1) is 0 Å². The number of carbonyl (C=O) groups is 2. The Hall–Kier alpha value is -2.98. The number of para-hydroxylation sites is 1. The van der Waals surface area contributed by atoms with Gasteiger partial charge in [0, 0.05) is 5.02 Å². The average Bonchev–Trinajstić information content (AvgIpc) is 2.69. The summed E-state index contributed by atoms with van der Waals surface area (Å²) in [6, 6.07) is 11.3. The first-order valence-electron chi connectivity index (χ1n) is 8.04. The molecule has 11 heteroatoms. The van der Waals surface area contributed by atoms with Gasteiger partial charge in [0.25, 0.3) is 5.91 Å². The van der Waals surface area contributed by atoms with Crippen LogP contribution in [-0.4, -0.2) is 37.9 Å². The second-order valence-electron chi connectivity index (χ2n) is 5.65. The fourth-order valence-electron chi connectivity index (χ4n) is 2.35. The second-order valence-corrected chi connectivity index (χ2v) is 6.09. The molecule has 0 spiro atoms. The molecule has 1 atom stereocenters. The molecule has 2 rings (SSSR count). The van der Waals surface area contributed by atoms with E-state index in [9.17, 15) is 22.8 Å². The molecule has 0 unspecified atom stereocenters. The van der Waals surface area contributed by atoms with E-state index in [2.05, 4.69) is 10.2 Å². The van der Waals surface area contributed by atoms with Crippen LogP contribution in [0.3, 0.4) is 0 Å². The molecule has 0 saturated heterocycles. The number of benzene rings is 2. The fraction of sp³-hybridized carbons (Fsp3) is 0.222. The highest BCUT2D eigenvalue weighted by molar-refractivity contribution is 6.30. The van der Waals surface area contributed by atoms with Crippen LogP contribution in [0.5, 0.6) is 5.75 Å². The van der Waals surface area contributed by atoms with Gasteiger partial charge in [0.05, 0.1) is 25.5 Å². The molecule has 0 aliphatic heterocycles. The van der Waals surface area contributed by atoms with Crippen molar-refractivity contribution in [3.63, 3.8) is 0 Å². The Balaban J connectivity index is 2.42. The monoisotopic (exact) mass is 431 g/mol. The lowest BCUT2D eigenvalue weighted by atomic mass is 10.1. The molecule has 1 amide bonds. The standard InChI is InChI=1S/C18H17ClF3N3O4/c1-28-14-9-4-3-8-13(14)15(26)23-17(16(27)29-2,18(20,21)22)25-24-12-7-5-6-11(19)10-12/h3-10,24-25H,1-2H3,(H,23,26)/t17-/m1/s1. The number of esters is 1. The third-order valence-corrected chi connectivity index (χ3v) is 4.02. The topological polar surface area (TPSA) is 88.7 Å². The van der Waals surface area contributed by atoms with Crippen LogP contribution < -0.4 is 20.9 Å². The molecule has 0 saturated carbocycles. The van der Waals surface area contributed by atoms with E-state index in [4.69, 9.17) is 16.3 Å². The van der Waals surface area contributed by atoms with Gasteiger partial charge in [0.15, 0.2) is 0 Å². The molecule has 0 bridgehead atoms. The number of hydrogen-bond donors (Lipinski definition) is 3. The summed E-state index contributed by atoms with van der Waals surface area (Å²) >= 11 is 5.81. The second kappa shape index (κ2) is 9.01. The van der Waals surface area contributed by atoms with Crippen LogP contribution in [0.2, 0.25) is 5.02 Å². The SMILES string of the molecule is COC(=O)[C@](NNc1cccc(Cl)c1)(NC(=O)c1ccccc1OC)C(F)(F)F. The van der Waals surface area contributed by atoms with Gasteiger partial charge in [-0.25, -0.2) is 4.79 Å². The summed E-state index contributed by atoms with van der Waals surface area (Å²) in [6.45, 7) is 0. The van der Waals surface area contributed by atoms with Gasteiger partial charge in [0.2, 0.25) is 0 Å². The van der Waals surface area contributed by atoms with Gasteiger partial charge in [-0.1, -0.05) is 29.8 Å². The van der Waals surface area contributed by atoms with Crippen LogP contribution in [0.1, 0.15) is 10.4 Å². The van der Waals surface area contributed by atoms with Gasteiger partial charge in [-0.05, 0) is 30.3 Å². The summed E-state index contributed by atoms with van der Waals surface area (Å²) in [4.78, 5) is 24.8. The van der Waals surface area contributed by atoms with Crippen molar-refractivity contribution in [1.29, 1.82) is 0 Å². The van der Waals surface area contributed by atoms with E-state index >= 15 is 0 Å². The number of alkyl halides is 3. The number of ether oxygens (including phenoxy) is 2. The van der Waals surface area contributed by atoms with Crippen molar-refractivity contribution < 1.29 is 32.2 Å². The van der Waals surface area contributed by atoms with Crippen molar-refractivity contribution in [2.24, 2.45) is 0 Å². The first kappa shape index (κ1) is 22.3. The van der Waals surface area contributed by atoms with Gasteiger partial charge in [0.1, 0.15) is 5.75 Å². The Bertz CT molecular complexity index is 895. The Morgan fingerprint density at radius 3 is 2.31 bits per heavy atom. The van der Waals surface area contributed by atoms with Gasteiger partial charge in [-0.3, -0.25) is 4.79 Å². The van der Waals surface area contributed by atoms with Crippen molar-refractivity contribution in [2.45, 2.75) is 11.8 Å². The first-order valence-corrected chi connectivity index (χ1v) is 8.42. The molecule has 0 fully saturated rings. The highest BCUT2D eigenvalue weighted by atomic mass is 35.5. The quantitative estimate of drug-likeness (QED) is 0.354. The minimum absolute atomic E-state index is 0.0220. The van der Waals surface area contributed by atoms with Crippen molar-refractivity contribution >= 4 is 29.2 Å². The van der Waals surface area contributed by atoms with Gasteiger partial charge in [-0.15, -0.1) is 0 Å². The number of rotatable bonds is 7. The highest BCUT2D eigenvalue weighted by Gasteiger charge is 2.63. The number of amides is 1. The number of carbonyl (C=O) groups excluding carboxylic acids is 2. The van der Waals surface area contributed by atoms with Crippen LogP contribution in [0.15, 0.2) is 48.5 Å². The molecule has 0 aliphatic carbocycles. The van der Waals surface area contributed by atoms with Crippen LogP contribution >= 0.6 is 11.6 Å². The largest absolute Gasteiger partial charge is 0.496 e. The van der Waals surface area contributed by atoms with Gasteiger partial charge in [-0.2, -0.15) is 18.6 Å². The molecule has 0 aliphatic rings. The van der Waals surface area contributed by atoms with Crippen LogP contribution in [0.4, 0.5) is 18.9 Å². The van der Waals surface area contributed by atoms with E-state index < -0.39 is 23.7 Å². The Labute approximate surface area is 169 Å². The third-order valence-electron chi connectivity index (χ3n) is 3.79. The summed E-state index contributed by atoms with van der Waals surface area (Å²) < 4.78 is 51.2. The number of halogens is 4. The predicted molar refractivity (Wildman–Crippen MR) is 99.5 cm³/mol. The molecule has 0 heterocycles. The Kier molecular flexibility index (Phi) is 6.93. The summed E-state index contributed by atoms with van der Waals surface area (Å²) in [6.07, 6.45) is -5.29. The fourth-order valence-corrected chi connectivity index (χ4v) is 2.54. The van der Waals surface area contributed by atoms with E-state index in [1.807, 2.05) is 5.43 Å². The first-order chi connectivity index (χ1) is 13.6. The number of anilines is 1. The predicted octanol–water partition coefficient (Wildman–Crippen LogP) is 3.13. The lowest BCUT2D eigenvalue weighted by Gasteiger charge is -2.34. The number of hydrazine groups is 1. The minimum Gasteiger partial charge on any atom is -0.496 e. The molecule has 0 radical (unpaired) electrons. The van der Waals surface area contributed by atoms with Crippen molar-refractivity contribution in [1.82, 2.24) is 10.7 Å².